The number of rotatable bonds is 5. The number of anilines is 2. The van der Waals surface area contributed by atoms with E-state index in [1.54, 1.807) is 24.3 Å². The van der Waals surface area contributed by atoms with Crippen molar-refractivity contribution >= 4 is 68.1 Å². The highest BCUT2D eigenvalue weighted by molar-refractivity contribution is 9.10. The number of piperazine rings is 1. The minimum Gasteiger partial charge on any atom is -0.451 e. The second kappa shape index (κ2) is 11.2. The molecule has 2 aromatic carbocycles. The van der Waals surface area contributed by atoms with Crippen LogP contribution in [-0.2, 0) is 4.79 Å². The van der Waals surface area contributed by atoms with Crippen molar-refractivity contribution in [3.05, 3.63) is 69.9 Å². The van der Waals surface area contributed by atoms with E-state index in [1.807, 2.05) is 42.2 Å². The zero-order valence-electron chi connectivity index (χ0n) is 19.0. The predicted octanol–water partition coefficient (Wildman–Crippen LogP) is 5.55. The van der Waals surface area contributed by atoms with Crippen molar-refractivity contribution in [1.29, 1.82) is 0 Å². The summed E-state index contributed by atoms with van der Waals surface area (Å²) in [6, 6.07) is 16.4. The number of benzene rings is 2. The normalized spacial score (nSPS) is 13.5. The number of amides is 2. The molecule has 0 atom stereocenters. The summed E-state index contributed by atoms with van der Waals surface area (Å²) >= 11 is 15.0. The van der Waals surface area contributed by atoms with E-state index in [2.05, 4.69) is 31.5 Å². The summed E-state index contributed by atoms with van der Waals surface area (Å²) in [5, 5.41) is 6.41. The molecule has 2 N–H and O–H groups in total. The second-order valence-electron chi connectivity index (χ2n) is 7.96. The van der Waals surface area contributed by atoms with Crippen molar-refractivity contribution < 1.29 is 14.0 Å². The third kappa shape index (κ3) is 6.22. The third-order valence-corrected chi connectivity index (χ3v) is 6.64. The maximum Gasteiger partial charge on any atom is 0.293 e. The van der Waals surface area contributed by atoms with Crippen LogP contribution in [0.2, 0.25) is 5.02 Å². The van der Waals surface area contributed by atoms with E-state index in [0.717, 1.165) is 15.7 Å². The van der Waals surface area contributed by atoms with Gasteiger partial charge < -0.3 is 19.5 Å². The highest BCUT2D eigenvalue weighted by Gasteiger charge is 2.22. The van der Waals surface area contributed by atoms with E-state index < -0.39 is 5.91 Å². The first-order valence-corrected chi connectivity index (χ1v) is 12.7. The van der Waals surface area contributed by atoms with Crippen LogP contribution in [0.25, 0.3) is 11.3 Å². The molecule has 0 radical (unpaired) electrons. The Morgan fingerprint density at radius 1 is 1.06 bits per heavy atom. The molecule has 182 valence electrons. The predicted molar refractivity (Wildman–Crippen MR) is 146 cm³/mol. The number of thiocarbonyl (C=S) groups is 1. The molecule has 0 bridgehead atoms. The van der Waals surface area contributed by atoms with Crippen LogP contribution in [0.4, 0.5) is 11.4 Å². The lowest BCUT2D eigenvalue weighted by molar-refractivity contribution is -0.131. The molecule has 4 rings (SSSR count). The van der Waals surface area contributed by atoms with Gasteiger partial charge in [0, 0.05) is 47.7 Å². The highest BCUT2D eigenvalue weighted by Crippen LogP contribution is 2.30. The zero-order valence-corrected chi connectivity index (χ0v) is 22.2. The molecule has 1 aliphatic heterocycles. The van der Waals surface area contributed by atoms with Crippen LogP contribution >= 0.6 is 39.7 Å². The van der Waals surface area contributed by atoms with Gasteiger partial charge in [-0.25, -0.2) is 0 Å². The molecule has 7 nitrogen and oxygen atoms in total. The second-order valence-corrected chi connectivity index (χ2v) is 9.72. The number of nitrogens with one attached hydrogen (secondary N) is 2. The SMILES string of the molecule is CCC(=O)N1CCN(c2ccc(Cl)cc2NC(=S)NC(=O)c2ccc(-c3ccc(Br)cc3)o2)CC1. The molecule has 1 saturated heterocycles. The standard InChI is InChI=1S/C25H24BrClN4O3S/c1-2-23(32)31-13-11-30(12-14-31)20-8-7-18(27)15-19(20)28-25(35)29-24(33)22-10-9-21(34-22)16-3-5-17(26)6-4-16/h3-10,15H,2,11-14H2,1H3,(H2,28,29,33,35). The van der Waals surface area contributed by atoms with E-state index in [4.69, 9.17) is 28.2 Å². The van der Waals surface area contributed by atoms with E-state index >= 15 is 0 Å². The number of carbonyl (C=O) groups is 2. The van der Waals surface area contributed by atoms with Crippen molar-refractivity contribution in [2.45, 2.75) is 13.3 Å². The Balaban J connectivity index is 1.41. The smallest absolute Gasteiger partial charge is 0.293 e. The summed E-state index contributed by atoms with van der Waals surface area (Å²) < 4.78 is 6.68. The van der Waals surface area contributed by atoms with Crippen LogP contribution in [0.15, 0.2) is 63.5 Å². The van der Waals surface area contributed by atoms with Gasteiger partial charge in [0.2, 0.25) is 5.91 Å². The molecule has 1 aromatic heterocycles. The summed E-state index contributed by atoms with van der Waals surface area (Å²) in [7, 11) is 0. The van der Waals surface area contributed by atoms with E-state index in [0.29, 0.717) is 49.1 Å². The summed E-state index contributed by atoms with van der Waals surface area (Å²) in [4.78, 5) is 28.7. The van der Waals surface area contributed by atoms with Gasteiger partial charge in [0.25, 0.3) is 5.91 Å². The molecule has 2 amide bonds. The average molecular weight is 576 g/mol. The minimum atomic E-state index is -0.457. The Bertz CT molecular complexity index is 1240. The van der Waals surface area contributed by atoms with Crippen molar-refractivity contribution in [1.82, 2.24) is 10.2 Å². The maximum absolute atomic E-state index is 12.7. The number of halogens is 2. The lowest BCUT2D eigenvalue weighted by Crippen LogP contribution is -2.48. The maximum atomic E-state index is 12.7. The number of furan rings is 1. The molecular formula is C25H24BrClN4O3S. The Labute approximate surface area is 222 Å². The molecule has 2 heterocycles. The summed E-state index contributed by atoms with van der Waals surface area (Å²) in [5.74, 6) is 0.430. The molecule has 1 aliphatic rings. The summed E-state index contributed by atoms with van der Waals surface area (Å²) in [6.45, 7) is 4.54. The molecule has 0 unspecified atom stereocenters. The van der Waals surface area contributed by atoms with Crippen LogP contribution < -0.4 is 15.5 Å². The Morgan fingerprint density at radius 3 is 2.46 bits per heavy atom. The minimum absolute atomic E-state index is 0.125. The zero-order chi connectivity index (χ0) is 24.9. The molecule has 0 spiro atoms. The van der Waals surface area contributed by atoms with Gasteiger partial charge in [0.05, 0.1) is 11.4 Å². The van der Waals surface area contributed by atoms with Gasteiger partial charge in [0.15, 0.2) is 10.9 Å². The summed E-state index contributed by atoms with van der Waals surface area (Å²) in [5.41, 5.74) is 2.43. The molecule has 1 fully saturated rings. The number of nitrogens with zero attached hydrogens (tertiary/aromatic N) is 2. The average Bonchev–Trinajstić information content (AvgIpc) is 3.35. The molecule has 0 aliphatic carbocycles. The lowest BCUT2D eigenvalue weighted by Gasteiger charge is -2.37. The first-order valence-electron chi connectivity index (χ1n) is 11.1. The monoisotopic (exact) mass is 574 g/mol. The van der Waals surface area contributed by atoms with Gasteiger partial charge in [-0.2, -0.15) is 0 Å². The van der Waals surface area contributed by atoms with Crippen LogP contribution in [-0.4, -0.2) is 48.0 Å². The first-order chi connectivity index (χ1) is 16.8. The first kappa shape index (κ1) is 25.2. The largest absolute Gasteiger partial charge is 0.451 e. The van der Waals surface area contributed by atoms with E-state index in [9.17, 15) is 9.59 Å². The fraction of sp³-hybridized carbons (Fsp3) is 0.240. The van der Waals surface area contributed by atoms with Crippen molar-refractivity contribution in [2.75, 3.05) is 36.4 Å². The molecule has 3 aromatic rings. The van der Waals surface area contributed by atoms with Crippen LogP contribution in [0.3, 0.4) is 0 Å². The van der Waals surface area contributed by atoms with Gasteiger partial charge >= 0.3 is 0 Å². The molecule has 35 heavy (non-hydrogen) atoms. The Morgan fingerprint density at radius 2 is 1.77 bits per heavy atom. The Kier molecular flexibility index (Phi) is 8.10. The fourth-order valence-corrected chi connectivity index (χ4v) is 4.49. The topological polar surface area (TPSA) is 77.8 Å². The van der Waals surface area contributed by atoms with Gasteiger partial charge in [-0.3, -0.25) is 14.9 Å². The third-order valence-electron chi connectivity index (χ3n) is 5.67. The van der Waals surface area contributed by atoms with E-state index in [-0.39, 0.29) is 16.8 Å². The number of hydrogen-bond acceptors (Lipinski definition) is 5. The van der Waals surface area contributed by atoms with Crippen molar-refractivity contribution in [3.8, 4) is 11.3 Å². The molecule has 10 heteroatoms. The molecular weight excluding hydrogens is 552 g/mol. The van der Waals surface area contributed by atoms with Crippen LogP contribution in [0.1, 0.15) is 23.9 Å². The van der Waals surface area contributed by atoms with Gasteiger partial charge in [-0.1, -0.05) is 46.6 Å². The lowest BCUT2D eigenvalue weighted by atomic mass is 10.2. The Hall–Kier alpha value is -2.88. The van der Waals surface area contributed by atoms with Gasteiger partial charge in [-0.05, 0) is 54.7 Å². The van der Waals surface area contributed by atoms with Crippen LogP contribution in [0, 0.1) is 0 Å². The highest BCUT2D eigenvalue weighted by atomic mass is 79.9. The van der Waals surface area contributed by atoms with Gasteiger partial charge in [-0.15, -0.1) is 0 Å². The fourth-order valence-electron chi connectivity index (χ4n) is 3.85. The van der Waals surface area contributed by atoms with Crippen molar-refractivity contribution in [2.24, 2.45) is 0 Å². The number of hydrogen-bond donors (Lipinski definition) is 2. The van der Waals surface area contributed by atoms with Crippen LogP contribution in [0.5, 0.6) is 0 Å². The quantitative estimate of drug-likeness (QED) is 0.389. The van der Waals surface area contributed by atoms with Crippen molar-refractivity contribution in [3.63, 3.8) is 0 Å². The summed E-state index contributed by atoms with van der Waals surface area (Å²) in [6.07, 6.45) is 0.502. The molecule has 0 saturated carbocycles. The van der Waals surface area contributed by atoms with Gasteiger partial charge in [0.1, 0.15) is 5.76 Å². The van der Waals surface area contributed by atoms with E-state index in [1.165, 1.54) is 0 Å². The number of carbonyl (C=O) groups excluding carboxylic acids is 2.